The van der Waals surface area contributed by atoms with Crippen LogP contribution in [-0.2, 0) is 9.59 Å². The van der Waals surface area contributed by atoms with E-state index in [4.69, 9.17) is 10.2 Å². The lowest BCUT2D eigenvalue weighted by molar-refractivity contribution is -0.158. The number of rotatable bonds is 5. The summed E-state index contributed by atoms with van der Waals surface area (Å²) >= 11 is 0. The molecule has 106 valence electrons. The highest BCUT2D eigenvalue weighted by molar-refractivity contribution is 5.93. The third-order valence-corrected chi connectivity index (χ3v) is 4.45. The molecule has 2 N–H and O–H groups in total. The van der Waals surface area contributed by atoms with Gasteiger partial charge in [-0.3, -0.25) is 9.59 Å². The Kier molecular flexibility index (Phi) is 4.56. The van der Waals surface area contributed by atoms with E-state index >= 15 is 0 Å². The van der Waals surface area contributed by atoms with Crippen molar-refractivity contribution in [3.63, 3.8) is 0 Å². The fourth-order valence-corrected chi connectivity index (χ4v) is 3.18. The van der Waals surface area contributed by atoms with Crippen LogP contribution in [0.1, 0.15) is 33.1 Å². The fourth-order valence-electron chi connectivity index (χ4n) is 3.18. The van der Waals surface area contributed by atoms with Crippen LogP contribution in [0, 0.1) is 23.2 Å². The zero-order valence-corrected chi connectivity index (χ0v) is 11.6. The molecule has 0 aromatic carbocycles. The Morgan fingerprint density at radius 3 is 2.26 bits per heavy atom. The lowest BCUT2D eigenvalue weighted by Crippen LogP contribution is -2.40. The minimum absolute atomic E-state index is 0.0879. The third kappa shape index (κ3) is 3.06. The van der Waals surface area contributed by atoms with Crippen LogP contribution in [-0.4, -0.2) is 22.2 Å². The number of hydrogen-bond acceptors (Lipinski definition) is 2. The monoisotopic (exact) mass is 266 g/mol. The summed E-state index contributed by atoms with van der Waals surface area (Å²) in [5.74, 6) is -4.08. The summed E-state index contributed by atoms with van der Waals surface area (Å²) in [4.78, 5) is 22.2. The predicted octanol–water partition coefficient (Wildman–Crippen LogP) is 2.96. The Labute approximate surface area is 113 Å². The minimum Gasteiger partial charge on any atom is -0.481 e. The van der Waals surface area contributed by atoms with E-state index in [1.807, 2.05) is 13.0 Å². The number of carbonyl (C=O) groups is 2. The molecule has 0 spiro atoms. The number of carboxylic acid groups (broad SMARTS) is 2. The highest BCUT2D eigenvalue weighted by atomic mass is 16.4. The average Bonchev–Trinajstić information content (AvgIpc) is 2.30. The fraction of sp³-hybridized carbons (Fsp3) is 0.600. The minimum atomic E-state index is -1.32. The van der Waals surface area contributed by atoms with Crippen molar-refractivity contribution in [2.24, 2.45) is 23.2 Å². The highest BCUT2D eigenvalue weighted by Crippen LogP contribution is 2.49. The first-order chi connectivity index (χ1) is 8.73. The van der Waals surface area contributed by atoms with Crippen LogP contribution in [0.3, 0.4) is 0 Å². The molecule has 1 rings (SSSR count). The maximum atomic E-state index is 11.1. The van der Waals surface area contributed by atoms with E-state index in [2.05, 4.69) is 20.1 Å². The first kappa shape index (κ1) is 15.5. The van der Waals surface area contributed by atoms with Gasteiger partial charge in [0.1, 0.15) is 0 Å². The van der Waals surface area contributed by atoms with Crippen LogP contribution in [0.2, 0.25) is 0 Å². The molecule has 0 saturated heterocycles. The van der Waals surface area contributed by atoms with Gasteiger partial charge in [0.2, 0.25) is 0 Å². The molecule has 0 heterocycles. The van der Waals surface area contributed by atoms with Gasteiger partial charge in [-0.1, -0.05) is 25.2 Å². The topological polar surface area (TPSA) is 74.6 Å². The van der Waals surface area contributed by atoms with Gasteiger partial charge in [-0.05, 0) is 43.4 Å². The van der Waals surface area contributed by atoms with Crippen LogP contribution in [0.15, 0.2) is 24.8 Å². The van der Waals surface area contributed by atoms with Gasteiger partial charge < -0.3 is 10.2 Å². The van der Waals surface area contributed by atoms with E-state index in [0.29, 0.717) is 12.8 Å². The summed E-state index contributed by atoms with van der Waals surface area (Å²) < 4.78 is 0. The number of allylic oxidation sites excluding steroid dienone is 2. The summed E-state index contributed by atoms with van der Waals surface area (Å²) in [7, 11) is 0. The van der Waals surface area contributed by atoms with Gasteiger partial charge >= 0.3 is 11.9 Å². The zero-order valence-electron chi connectivity index (χ0n) is 11.6. The molecular weight excluding hydrogens is 244 g/mol. The zero-order chi connectivity index (χ0) is 14.8. The molecule has 4 heteroatoms. The van der Waals surface area contributed by atoms with E-state index in [0.717, 1.165) is 12.0 Å². The summed E-state index contributed by atoms with van der Waals surface area (Å²) in [5.41, 5.74) is 0.839. The average molecular weight is 266 g/mol. The molecule has 1 saturated carbocycles. The second-order valence-electron chi connectivity index (χ2n) is 5.80. The summed E-state index contributed by atoms with van der Waals surface area (Å²) in [6.45, 7) is 11.8. The van der Waals surface area contributed by atoms with Crippen molar-refractivity contribution < 1.29 is 19.8 Å². The molecule has 19 heavy (non-hydrogen) atoms. The Hall–Kier alpha value is -1.58. The number of aliphatic carboxylic acids is 2. The predicted molar refractivity (Wildman–Crippen MR) is 72.7 cm³/mol. The second kappa shape index (κ2) is 5.59. The van der Waals surface area contributed by atoms with Gasteiger partial charge in [-0.25, -0.2) is 0 Å². The van der Waals surface area contributed by atoms with Gasteiger partial charge in [-0.15, -0.1) is 6.58 Å². The number of hydrogen-bond donors (Lipinski definition) is 2. The van der Waals surface area contributed by atoms with E-state index < -0.39 is 17.9 Å². The Balaban J connectivity index is 2.99. The van der Waals surface area contributed by atoms with Crippen molar-refractivity contribution in [1.82, 2.24) is 0 Å². The Morgan fingerprint density at radius 2 is 1.89 bits per heavy atom. The summed E-state index contributed by atoms with van der Waals surface area (Å²) in [5, 5.41) is 18.2. The van der Waals surface area contributed by atoms with Crippen molar-refractivity contribution in [2.45, 2.75) is 33.1 Å². The lowest BCUT2D eigenvalue weighted by Gasteiger charge is -2.44. The molecule has 0 bridgehead atoms. The van der Waals surface area contributed by atoms with E-state index in [-0.39, 0.29) is 17.3 Å². The van der Waals surface area contributed by atoms with E-state index in [9.17, 15) is 9.59 Å². The second-order valence-corrected chi connectivity index (χ2v) is 5.80. The molecule has 3 atom stereocenters. The van der Waals surface area contributed by atoms with Gasteiger partial charge in [0.25, 0.3) is 0 Å². The van der Waals surface area contributed by atoms with Gasteiger partial charge in [-0.2, -0.15) is 0 Å². The van der Waals surface area contributed by atoms with Crippen molar-refractivity contribution >= 4 is 11.9 Å². The normalized spacial score (nSPS) is 30.9. The van der Waals surface area contributed by atoms with Crippen molar-refractivity contribution in [2.75, 3.05) is 0 Å². The standard InChI is InChI=1S/C15H22O4/c1-5-15(4)7-6-10(8-11(15)9(2)3)12(13(16)17)14(18)19/h5,10-12H,1-2,6-8H2,3-4H3,(H,16,17)(H,18,19). The summed E-state index contributed by atoms with van der Waals surface area (Å²) in [6.07, 6.45) is 3.77. The largest absolute Gasteiger partial charge is 0.481 e. The van der Waals surface area contributed by atoms with Gasteiger partial charge in [0.15, 0.2) is 5.92 Å². The molecular formula is C15H22O4. The van der Waals surface area contributed by atoms with Gasteiger partial charge in [0.05, 0.1) is 0 Å². The van der Waals surface area contributed by atoms with Gasteiger partial charge in [0, 0.05) is 0 Å². The first-order valence-electron chi connectivity index (χ1n) is 6.47. The highest BCUT2D eigenvalue weighted by Gasteiger charge is 2.44. The van der Waals surface area contributed by atoms with Crippen LogP contribution >= 0.6 is 0 Å². The molecule has 0 aromatic heterocycles. The molecule has 0 aromatic rings. The maximum absolute atomic E-state index is 11.1. The van der Waals surface area contributed by atoms with Crippen molar-refractivity contribution in [1.29, 1.82) is 0 Å². The first-order valence-corrected chi connectivity index (χ1v) is 6.47. The Morgan fingerprint density at radius 1 is 1.37 bits per heavy atom. The van der Waals surface area contributed by atoms with E-state index in [1.54, 1.807) is 0 Å². The lowest BCUT2D eigenvalue weighted by atomic mass is 9.60. The number of carboxylic acids is 2. The molecule has 1 aliphatic carbocycles. The smallest absolute Gasteiger partial charge is 0.318 e. The third-order valence-electron chi connectivity index (χ3n) is 4.45. The van der Waals surface area contributed by atoms with Crippen LogP contribution in [0.4, 0.5) is 0 Å². The molecule has 0 aliphatic heterocycles. The molecule has 0 radical (unpaired) electrons. The molecule has 1 aliphatic rings. The quantitative estimate of drug-likeness (QED) is 0.592. The Bertz CT molecular complexity index is 398. The maximum Gasteiger partial charge on any atom is 0.318 e. The SMILES string of the molecule is C=CC1(C)CCC(C(C(=O)O)C(=O)O)CC1C(=C)C. The van der Waals surface area contributed by atoms with E-state index in [1.165, 1.54) is 0 Å². The van der Waals surface area contributed by atoms with Crippen molar-refractivity contribution in [3.05, 3.63) is 24.8 Å². The molecule has 1 fully saturated rings. The van der Waals surface area contributed by atoms with Crippen LogP contribution in [0.25, 0.3) is 0 Å². The molecule has 0 amide bonds. The summed E-state index contributed by atoms with van der Waals surface area (Å²) in [6, 6.07) is 0. The molecule has 4 nitrogen and oxygen atoms in total. The van der Waals surface area contributed by atoms with Crippen molar-refractivity contribution in [3.8, 4) is 0 Å². The van der Waals surface area contributed by atoms with Crippen LogP contribution < -0.4 is 0 Å². The van der Waals surface area contributed by atoms with Crippen LogP contribution in [0.5, 0.6) is 0 Å². The molecule has 3 unspecified atom stereocenters.